The third kappa shape index (κ3) is 4.84. The number of ketones is 1. The average Bonchev–Trinajstić information content (AvgIpc) is 3.11. The van der Waals surface area contributed by atoms with Crippen molar-refractivity contribution >= 4 is 17.4 Å². The fourth-order valence-corrected chi connectivity index (χ4v) is 4.03. The smallest absolute Gasteiger partial charge is 0.295 e. The predicted octanol–water partition coefficient (Wildman–Crippen LogP) is 4.04. The van der Waals surface area contributed by atoms with E-state index in [0.29, 0.717) is 23.5 Å². The van der Waals surface area contributed by atoms with Crippen LogP contribution in [0.3, 0.4) is 0 Å². The Balaban J connectivity index is 1.62. The van der Waals surface area contributed by atoms with Gasteiger partial charge in [0.2, 0.25) is 0 Å². The fraction of sp³-hybridized carbons (Fsp3) is 0.222. The van der Waals surface area contributed by atoms with Gasteiger partial charge in [-0.3, -0.25) is 14.6 Å². The first-order valence-corrected chi connectivity index (χ1v) is 11.0. The molecule has 34 heavy (non-hydrogen) atoms. The molecule has 0 saturated carbocycles. The summed E-state index contributed by atoms with van der Waals surface area (Å²) in [4.78, 5) is 31.2. The molecular formula is C27H26N2O5. The molecule has 2 heterocycles. The lowest BCUT2D eigenvalue weighted by molar-refractivity contribution is -0.140. The Morgan fingerprint density at radius 3 is 2.47 bits per heavy atom. The van der Waals surface area contributed by atoms with Crippen molar-refractivity contribution in [2.45, 2.75) is 19.6 Å². The molecule has 1 atom stereocenters. The quantitative estimate of drug-likeness (QED) is 0.311. The lowest BCUT2D eigenvalue weighted by atomic mass is 9.96. The summed E-state index contributed by atoms with van der Waals surface area (Å²) in [5.41, 5.74) is 3.37. The van der Waals surface area contributed by atoms with Crippen molar-refractivity contribution in [3.63, 3.8) is 0 Å². The maximum atomic E-state index is 12.9. The van der Waals surface area contributed by atoms with Gasteiger partial charge in [-0.15, -0.1) is 0 Å². The van der Waals surface area contributed by atoms with E-state index >= 15 is 0 Å². The SMILES string of the molecule is COCCN1C(=O)C(=O)/C(=C(/O)c2ccc(OCc3cccc(C)c3)cc2)C1c1ccncc1. The molecule has 1 N–H and O–H groups in total. The van der Waals surface area contributed by atoms with Crippen molar-refractivity contribution in [1.29, 1.82) is 0 Å². The van der Waals surface area contributed by atoms with Crippen LogP contribution < -0.4 is 4.74 Å². The zero-order valence-electron chi connectivity index (χ0n) is 19.1. The number of aliphatic hydroxyl groups is 1. The summed E-state index contributed by atoms with van der Waals surface area (Å²) >= 11 is 0. The normalized spacial score (nSPS) is 17.2. The molecule has 3 aromatic rings. The lowest BCUT2D eigenvalue weighted by Gasteiger charge is -2.24. The summed E-state index contributed by atoms with van der Waals surface area (Å²) in [6.07, 6.45) is 3.18. The predicted molar refractivity (Wildman–Crippen MR) is 127 cm³/mol. The highest BCUT2D eigenvalue weighted by Crippen LogP contribution is 2.39. The summed E-state index contributed by atoms with van der Waals surface area (Å²) in [5, 5.41) is 11.1. The number of Topliss-reactive ketones (excluding diaryl/α,β-unsaturated/α-hetero) is 1. The molecule has 0 aliphatic carbocycles. The van der Waals surface area contributed by atoms with Gasteiger partial charge >= 0.3 is 0 Å². The van der Waals surface area contributed by atoms with Gasteiger partial charge in [-0.05, 0) is 54.4 Å². The van der Waals surface area contributed by atoms with Crippen LogP contribution in [-0.4, -0.2) is 46.9 Å². The first kappa shape index (κ1) is 23.2. The van der Waals surface area contributed by atoms with Gasteiger partial charge in [-0.1, -0.05) is 29.8 Å². The largest absolute Gasteiger partial charge is 0.507 e. The number of likely N-dealkylation sites (tertiary alicyclic amines) is 1. The van der Waals surface area contributed by atoms with Gasteiger partial charge in [0, 0.05) is 31.6 Å². The number of aliphatic hydroxyl groups excluding tert-OH is 1. The van der Waals surface area contributed by atoms with Gasteiger partial charge in [0.1, 0.15) is 18.1 Å². The average molecular weight is 459 g/mol. The topological polar surface area (TPSA) is 89.0 Å². The molecule has 1 aliphatic heterocycles. The van der Waals surface area contributed by atoms with Crippen LogP contribution in [0.1, 0.15) is 28.3 Å². The van der Waals surface area contributed by atoms with Crippen LogP contribution in [0.2, 0.25) is 0 Å². The number of methoxy groups -OCH3 is 1. The highest BCUT2D eigenvalue weighted by atomic mass is 16.5. The first-order chi connectivity index (χ1) is 16.5. The van der Waals surface area contributed by atoms with E-state index in [1.807, 2.05) is 25.1 Å². The molecule has 2 aromatic carbocycles. The highest BCUT2D eigenvalue weighted by molar-refractivity contribution is 6.46. The third-order valence-electron chi connectivity index (χ3n) is 5.71. The molecule has 0 radical (unpaired) electrons. The molecule has 0 bridgehead atoms. The van der Waals surface area contributed by atoms with Crippen LogP contribution in [-0.2, 0) is 20.9 Å². The Morgan fingerprint density at radius 1 is 1.06 bits per heavy atom. The number of ether oxygens (including phenoxy) is 2. The highest BCUT2D eigenvalue weighted by Gasteiger charge is 2.45. The zero-order valence-corrected chi connectivity index (χ0v) is 19.1. The number of carbonyl (C=O) groups is 2. The number of hydrogen-bond acceptors (Lipinski definition) is 6. The number of pyridine rings is 1. The second-order valence-electron chi connectivity index (χ2n) is 8.07. The molecule has 1 unspecified atom stereocenters. The van der Waals surface area contributed by atoms with Crippen LogP contribution in [0.5, 0.6) is 5.75 Å². The molecule has 174 valence electrons. The van der Waals surface area contributed by atoms with Crippen molar-refractivity contribution in [3.8, 4) is 5.75 Å². The molecule has 7 heteroatoms. The van der Waals surface area contributed by atoms with Crippen molar-refractivity contribution in [2.75, 3.05) is 20.3 Å². The Bertz CT molecular complexity index is 1210. The number of amides is 1. The van der Waals surface area contributed by atoms with Gasteiger partial charge in [-0.25, -0.2) is 0 Å². The van der Waals surface area contributed by atoms with E-state index in [4.69, 9.17) is 9.47 Å². The van der Waals surface area contributed by atoms with E-state index in [1.165, 1.54) is 12.0 Å². The molecule has 1 aliphatic rings. The number of rotatable bonds is 8. The molecule has 1 saturated heterocycles. The molecule has 1 amide bonds. The number of aryl methyl sites for hydroxylation is 1. The molecule has 1 fully saturated rings. The maximum Gasteiger partial charge on any atom is 0.295 e. The van der Waals surface area contributed by atoms with Gasteiger partial charge in [-0.2, -0.15) is 0 Å². The lowest BCUT2D eigenvalue weighted by Crippen LogP contribution is -2.32. The van der Waals surface area contributed by atoms with Crippen molar-refractivity contribution in [2.24, 2.45) is 0 Å². The van der Waals surface area contributed by atoms with Gasteiger partial charge in [0.05, 0.1) is 18.2 Å². The molecule has 7 nitrogen and oxygen atoms in total. The van der Waals surface area contributed by atoms with E-state index in [9.17, 15) is 14.7 Å². The minimum atomic E-state index is -0.727. The number of aromatic nitrogens is 1. The number of nitrogens with zero attached hydrogens (tertiary/aromatic N) is 2. The second kappa shape index (κ2) is 10.3. The number of benzene rings is 2. The van der Waals surface area contributed by atoms with Crippen molar-refractivity contribution < 1.29 is 24.2 Å². The minimum Gasteiger partial charge on any atom is -0.507 e. The monoisotopic (exact) mass is 458 g/mol. The maximum absolute atomic E-state index is 12.9. The van der Waals surface area contributed by atoms with E-state index in [1.54, 1.807) is 48.8 Å². The fourth-order valence-electron chi connectivity index (χ4n) is 4.03. The van der Waals surface area contributed by atoms with E-state index in [0.717, 1.165) is 11.1 Å². The van der Waals surface area contributed by atoms with Crippen LogP contribution in [0.25, 0.3) is 5.76 Å². The standard InChI is InChI=1S/C27H26N2O5/c1-18-4-3-5-19(16-18)17-34-22-8-6-21(7-9-22)25(30)23-24(20-10-12-28-13-11-20)29(14-15-33-2)27(32)26(23)31/h3-13,16,24,30H,14-15,17H2,1-2H3/b25-23+. The van der Waals surface area contributed by atoms with Crippen LogP contribution in [0, 0.1) is 6.92 Å². The van der Waals surface area contributed by atoms with Gasteiger partial charge < -0.3 is 19.5 Å². The molecular weight excluding hydrogens is 432 g/mol. The summed E-state index contributed by atoms with van der Waals surface area (Å²) in [7, 11) is 1.53. The summed E-state index contributed by atoms with van der Waals surface area (Å²) in [6, 6.07) is 17.6. The Hall–Kier alpha value is -3.97. The van der Waals surface area contributed by atoms with Gasteiger partial charge in [0.15, 0.2) is 0 Å². The van der Waals surface area contributed by atoms with Crippen LogP contribution >= 0.6 is 0 Å². The van der Waals surface area contributed by atoms with Crippen molar-refractivity contribution in [3.05, 3.63) is 101 Å². The van der Waals surface area contributed by atoms with E-state index < -0.39 is 17.7 Å². The Labute approximate surface area is 198 Å². The number of carbonyl (C=O) groups excluding carboxylic acids is 2. The Morgan fingerprint density at radius 2 is 1.79 bits per heavy atom. The summed E-state index contributed by atoms with van der Waals surface area (Å²) in [5.74, 6) is -0.997. The molecule has 1 aromatic heterocycles. The summed E-state index contributed by atoms with van der Waals surface area (Å²) in [6.45, 7) is 2.93. The number of hydrogen-bond donors (Lipinski definition) is 1. The molecule has 4 rings (SSSR count). The van der Waals surface area contributed by atoms with Crippen molar-refractivity contribution in [1.82, 2.24) is 9.88 Å². The zero-order chi connectivity index (χ0) is 24.1. The minimum absolute atomic E-state index is 0.0423. The van der Waals surface area contributed by atoms with Crippen LogP contribution in [0.4, 0.5) is 0 Å². The molecule has 0 spiro atoms. The van der Waals surface area contributed by atoms with E-state index in [-0.39, 0.29) is 24.5 Å². The van der Waals surface area contributed by atoms with Gasteiger partial charge in [0.25, 0.3) is 11.7 Å². The second-order valence-corrected chi connectivity index (χ2v) is 8.07. The third-order valence-corrected chi connectivity index (χ3v) is 5.71. The summed E-state index contributed by atoms with van der Waals surface area (Å²) < 4.78 is 11.0. The Kier molecular flexibility index (Phi) is 7.04. The first-order valence-electron chi connectivity index (χ1n) is 11.0. The van der Waals surface area contributed by atoms with E-state index in [2.05, 4.69) is 11.1 Å². The van der Waals surface area contributed by atoms with Crippen LogP contribution in [0.15, 0.2) is 78.6 Å².